The molecule has 0 saturated heterocycles. The van der Waals surface area contributed by atoms with Crippen LogP contribution in [-0.2, 0) is 0 Å². The number of halogens is 2. The van der Waals surface area contributed by atoms with E-state index in [1.54, 1.807) is 18.2 Å². The Bertz CT molecular complexity index is 782. The van der Waals surface area contributed by atoms with Gasteiger partial charge in [-0.3, -0.25) is 0 Å². The number of hydrogen-bond donors (Lipinski definition) is 1. The van der Waals surface area contributed by atoms with Crippen molar-refractivity contribution in [2.75, 3.05) is 0 Å². The van der Waals surface area contributed by atoms with Gasteiger partial charge in [-0.15, -0.1) is 0 Å². The molecule has 0 spiro atoms. The highest BCUT2D eigenvalue weighted by atomic mass is 19.1. The lowest BCUT2D eigenvalue weighted by Crippen LogP contribution is -1.92. The number of H-pyrrole nitrogens is 1. The first-order chi connectivity index (χ1) is 9.19. The van der Waals surface area contributed by atoms with Gasteiger partial charge in [0.15, 0.2) is 0 Å². The lowest BCUT2D eigenvalue weighted by Gasteiger charge is -2.01. The molecule has 0 aliphatic heterocycles. The Hall–Kier alpha value is -2.74. The monoisotopic (exact) mass is 255 g/mol. The van der Waals surface area contributed by atoms with Crippen LogP contribution in [0.1, 0.15) is 5.56 Å². The van der Waals surface area contributed by atoms with Crippen LogP contribution in [0.15, 0.2) is 36.4 Å². The molecule has 3 aromatic rings. The topological polar surface area (TPSA) is 52.5 Å². The van der Waals surface area contributed by atoms with Crippen molar-refractivity contribution < 1.29 is 8.78 Å². The lowest BCUT2D eigenvalue weighted by atomic mass is 10.1. The Labute approximate surface area is 107 Å². The number of nitriles is 1. The van der Waals surface area contributed by atoms with Crippen molar-refractivity contribution in [3.8, 4) is 17.5 Å². The second kappa shape index (κ2) is 4.18. The molecule has 0 bridgehead atoms. The largest absolute Gasteiger partial charge is 0.338 e. The number of aromatic amines is 1. The van der Waals surface area contributed by atoms with Crippen LogP contribution in [0.25, 0.3) is 22.4 Å². The summed E-state index contributed by atoms with van der Waals surface area (Å²) in [6.07, 6.45) is 0. The second-order valence-corrected chi connectivity index (χ2v) is 4.03. The third kappa shape index (κ3) is 1.83. The van der Waals surface area contributed by atoms with Crippen LogP contribution in [0.3, 0.4) is 0 Å². The summed E-state index contributed by atoms with van der Waals surface area (Å²) in [5.41, 5.74) is 1.09. The van der Waals surface area contributed by atoms with Crippen LogP contribution in [0.5, 0.6) is 0 Å². The summed E-state index contributed by atoms with van der Waals surface area (Å²) in [4.78, 5) is 7.11. The molecule has 3 nitrogen and oxygen atoms in total. The van der Waals surface area contributed by atoms with Gasteiger partial charge in [0.1, 0.15) is 23.5 Å². The highest BCUT2D eigenvalue weighted by Gasteiger charge is 2.14. The van der Waals surface area contributed by atoms with Gasteiger partial charge < -0.3 is 4.98 Å². The van der Waals surface area contributed by atoms with Crippen molar-refractivity contribution in [2.45, 2.75) is 0 Å². The Morgan fingerprint density at radius 1 is 1.11 bits per heavy atom. The van der Waals surface area contributed by atoms with E-state index >= 15 is 0 Å². The maximum atomic E-state index is 13.9. The Kier molecular flexibility index (Phi) is 2.50. The minimum Gasteiger partial charge on any atom is -0.338 e. The van der Waals surface area contributed by atoms with E-state index in [0.717, 1.165) is 17.6 Å². The van der Waals surface area contributed by atoms with Gasteiger partial charge in [0.2, 0.25) is 0 Å². The first kappa shape index (κ1) is 11.4. The summed E-state index contributed by atoms with van der Waals surface area (Å²) in [5.74, 6) is -1.21. The molecule has 1 N–H and O–H groups in total. The zero-order chi connectivity index (χ0) is 13.4. The average molecular weight is 255 g/mol. The molecule has 0 atom stereocenters. The van der Waals surface area contributed by atoms with Crippen molar-refractivity contribution >= 4 is 11.0 Å². The van der Waals surface area contributed by atoms with Gasteiger partial charge in [-0.25, -0.2) is 13.8 Å². The first-order valence-corrected chi connectivity index (χ1v) is 5.53. The number of rotatable bonds is 1. The normalized spacial score (nSPS) is 10.6. The van der Waals surface area contributed by atoms with Gasteiger partial charge >= 0.3 is 0 Å². The van der Waals surface area contributed by atoms with Crippen LogP contribution in [0.4, 0.5) is 8.78 Å². The molecule has 5 heteroatoms. The molecular weight excluding hydrogens is 248 g/mol. The number of benzene rings is 2. The van der Waals surface area contributed by atoms with Crippen LogP contribution in [0, 0.1) is 23.0 Å². The predicted molar refractivity (Wildman–Crippen MR) is 66.2 cm³/mol. The third-order valence-electron chi connectivity index (χ3n) is 2.82. The summed E-state index contributed by atoms with van der Waals surface area (Å²) in [6, 6.07) is 10.6. The van der Waals surface area contributed by atoms with Crippen LogP contribution in [-0.4, -0.2) is 9.97 Å². The van der Waals surface area contributed by atoms with Gasteiger partial charge in [0, 0.05) is 0 Å². The number of hydrogen-bond acceptors (Lipinski definition) is 2. The van der Waals surface area contributed by atoms with E-state index in [9.17, 15) is 8.78 Å². The van der Waals surface area contributed by atoms with Crippen LogP contribution < -0.4 is 0 Å². The molecule has 0 unspecified atom stereocenters. The van der Waals surface area contributed by atoms with Gasteiger partial charge in [0.25, 0.3) is 0 Å². The van der Waals surface area contributed by atoms with Crippen molar-refractivity contribution in [2.24, 2.45) is 0 Å². The van der Waals surface area contributed by atoms with E-state index in [1.807, 2.05) is 12.1 Å². The standard InChI is InChI=1S/C14H7F2N3/c15-10-6-9(11(16)5-8(10)7-17)14-18-12-3-1-2-4-13(12)19-14/h1-6H,(H,18,19). The van der Waals surface area contributed by atoms with Crippen LogP contribution in [0.2, 0.25) is 0 Å². The van der Waals surface area contributed by atoms with Gasteiger partial charge in [-0.1, -0.05) is 12.1 Å². The zero-order valence-corrected chi connectivity index (χ0v) is 9.61. The van der Waals surface area contributed by atoms with E-state index in [0.29, 0.717) is 5.52 Å². The molecular formula is C14H7F2N3. The fourth-order valence-electron chi connectivity index (χ4n) is 1.89. The molecule has 0 fully saturated rings. The average Bonchev–Trinajstić information content (AvgIpc) is 2.84. The van der Waals surface area contributed by atoms with Crippen molar-refractivity contribution in [3.05, 3.63) is 53.6 Å². The van der Waals surface area contributed by atoms with E-state index < -0.39 is 11.6 Å². The molecule has 19 heavy (non-hydrogen) atoms. The summed E-state index contributed by atoms with van der Waals surface area (Å²) < 4.78 is 27.4. The number of imidazole rings is 1. The van der Waals surface area contributed by atoms with E-state index in [2.05, 4.69) is 9.97 Å². The quantitative estimate of drug-likeness (QED) is 0.724. The fraction of sp³-hybridized carbons (Fsp3) is 0. The van der Waals surface area contributed by atoms with Crippen molar-refractivity contribution in [1.29, 1.82) is 5.26 Å². The molecule has 1 heterocycles. The van der Waals surface area contributed by atoms with Gasteiger partial charge in [-0.2, -0.15) is 5.26 Å². The molecule has 1 aromatic heterocycles. The third-order valence-corrected chi connectivity index (χ3v) is 2.82. The molecule has 0 amide bonds. The maximum Gasteiger partial charge on any atom is 0.141 e. The summed E-state index contributed by atoms with van der Waals surface area (Å²) >= 11 is 0. The lowest BCUT2D eigenvalue weighted by molar-refractivity contribution is 0.599. The number of aromatic nitrogens is 2. The highest BCUT2D eigenvalue weighted by molar-refractivity contribution is 5.79. The molecule has 2 aromatic carbocycles. The Morgan fingerprint density at radius 3 is 2.63 bits per heavy atom. The fourth-order valence-corrected chi connectivity index (χ4v) is 1.89. The predicted octanol–water partition coefficient (Wildman–Crippen LogP) is 3.38. The minimum absolute atomic E-state index is 0.00713. The number of para-hydroxylation sites is 2. The van der Waals surface area contributed by atoms with Crippen LogP contribution >= 0.6 is 0 Å². The molecule has 3 rings (SSSR count). The summed E-state index contributed by atoms with van der Waals surface area (Å²) in [6.45, 7) is 0. The Morgan fingerprint density at radius 2 is 1.89 bits per heavy atom. The smallest absolute Gasteiger partial charge is 0.141 e. The Balaban J connectivity index is 2.21. The molecule has 0 aliphatic carbocycles. The van der Waals surface area contributed by atoms with E-state index in [-0.39, 0.29) is 17.0 Å². The SMILES string of the molecule is N#Cc1cc(F)c(-c2nc3ccccc3[nH]2)cc1F. The molecule has 0 saturated carbocycles. The van der Waals surface area contributed by atoms with Crippen molar-refractivity contribution in [1.82, 2.24) is 9.97 Å². The van der Waals surface area contributed by atoms with Gasteiger partial charge in [-0.05, 0) is 24.3 Å². The first-order valence-electron chi connectivity index (χ1n) is 5.53. The minimum atomic E-state index is -0.764. The summed E-state index contributed by atoms with van der Waals surface area (Å²) in [7, 11) is 0. The highest BCUT2D eigenvalue weighted by Crippen LogP contribution is 2.25. The molecule has 92 valence electrons. The zero-order valence-electron chi connectivity index (χ0n) is 9.61. The maximum absolute atomic E-state index is 13.9. The number of fused-ring (bicyclic) bond motifs is 1. The number of nitrogens with zero attached hydrogens (tertiary/aromatic N) is 2. The second-order valence-electron chi connectivity index (χ2n) is 4.03. The summed E-state index contributed by atoms with van der Waals surface area (Å²) in [5, 5.41) is 8.64. The molecule has 0 aliphatic rings. The van der Waals surface area contributed by atoms with E-state index in [1.165, 1.54) is 0 Å². The number of nitrogens with one attached hydrogen (secondary N) is 1. The van der Waals surface area contributed by atoms with Crippen molar-refractivity contribution in [3.63, 3.8) is 0 Å². The molecule has 0 radical (unpaired) electrons. The van der Waals surface area contributed by atoms with E-state index in [4.69, 9.17) is 5.26 Å². The van der Waals surface area contributed by atoms with Gasteiger partial charge in [0.05, 0.1) is 22.2 Å².